The van der Waals surface area contributed by atoms with Gasteiger partial charge in [0.2, 0.25) is 0 Å². The highest BCUT2D eigenvalue weighted by Gasteiger charge is 2.16. The van der Waals surface area contributed by atoms with Crippen LogP contribution in [-0.4, -0.2) is 25.6 Å². The number of benzene rings is 2. The Morgan fingerprint density at radius 2 is 1.92 bits per heavy atom. The highest BCUT2D eigenvalue weighted by molar-refractivity contribution is 6.08. The van der Waals surface area contributed by atoms with Gasteiger partial charge in [-0.1, -0.05) is 35.9 Å². The van der Waals surface area contributed by atoms with E-state index in [4.69, 9.17) is 0 Å². The van der Waals surface area contributed by atoms with Gasteiger partial charge < -0.3 is 10.4 Å². The molecule has 0 bridgehead atoms. The van der Waals surface area contributed by atoms with Crippen molar-refractivity contribution in [3.8, 4) is 17.0 Å². The summed E-state index contributed by atoms with van der Waals surface area (Å²) < 4.78 is 1.65. The molecule has 0 spiro atoms. The van der Waals surface area contributed by atoms with Gasteiger partial charge in [0.1, 0.15) is 11.3 Å². The first-order valence-electron chi connectivity index (χ1n) is 8.12. The molecule has 0 aliphatic carbocycles. The van der Waals surface area contributed by atoms with E-state index >= 15 is 0 Å². The molecule has 2 aromatic heterocycles. The van der Waals surface area contributed by atoms with Crippen LogP contribution < -0.4 is 5.32 Å². The van der Waals surface area contributed by atoms with Gasteiger partial charge in [-0.15, -0.1) is 0 Å². The normalized spacial score (nSPS) is 10.8. The van der Waals surface area contributed by atoms with Gasteiger partial charge in [-0.25, -0.2) is 9.50 Å². The minimum Gasteiger partial charge on any atom is -0.508 e. The number of carbonyl (C=O) groups is 1. The molecule has 2 aromatic carbocycles. The van der Waals surface area contributed by atoms with Crippen molar-refractivity contribution in [3.63, 3.8) is 0 Å². The lowest BCUT2D eigenvalue weighted by Crippen LogP contribution is -2.12. The van der Waals surface area contributed by atoms with E-state index in [0.29, 0.717) is 16.9 Å². The van der Waals surface area contributed by atoms with E-state index in [1.54, 1.807) is 28.9 Å². The fourth-order valence-corrected chi connectivity index (χ4v) is 2.78. The molecule has 0 aliphatic rings. The van der Waals surface area contributed by atoms with E-state index < -0.39 is 0 Å². The summed E-state index contributed by atoms with van der Waals surface area (Å²) >= 11 is 0. The maximum absolute atomic E-state index is 12.6. The zero-order valence-corrected chi connectivity index (χ0v) is 14.0. The zero-order valence-electron chi connectivity index (χ0n) is 14.0. The summed E-state index contributed by atoms with van der Waals surface area (Å²) in [4.78, 5) is 16.9. The van der Waals surface area contributed by atoms with E-state index in [1.165, 1.54) is 17.8 Å². The topological polar surface area (TPSA) is 79.5 Å². The van der Waals surface area contributed by atoms with Crippen LogP contribution in [0.15, 0.2) is 67.0 Å². The van der Waals surface area contributed by atoms with Crippen molar-refractivity contribution in [3.05, 3.63) is 78.1 Å². The molecule has 0 saturated carbocycles. The second-order valence-electron chi connectivity index (χ2n) is 5.99. The highest BCUT2D eigenvalue weighted by Crippen LogP contribution is 2.22. The number of aromatic nitrogens is 3. The Balaban J connectivity index is 1.72. The SMILES string of the molecule is Cc1ccc(-c2ccnc3c(C(=O)Nc4cccc(O)c4)cnn23)cc1. The maximum atomic E-state index is 12.6. The van der Waals surface area contributed by atoms with Crippen molar-refractivity contribution in [1.29, 1.82) is 0 Å². The van der Waals surface area contributed by atoms with Crippen molar-refractivity contribution in [2.75, 3.05) is 5.32 Å². The standard InChI is InChI=1S/C20H16N4O2/c1-13-5-7-14(8-6-13)18-9-10-21-19-17(12-22-24(18)19)20(26)23-15-3-2-4-16(25)11-15/h2-12,25H,1H3,(H,23,26). The fraction of sp³-hybridized carbons (Fsp3) is 0.0500. The van der Waals surface area contributed by atoms with E-state index in [0.717, 1.165) is 11.3 Å². The number of nitrogens with one attached hydrogen (secondary N) is 1. The first-order chi connectivity index (χ1) is 12.6. The monoisotopic (exact) mass is 344 g/mol. The molecule has 0 saturated heterocycles. The Morgan fingerprint density at radius 1 is 1.12 bits per heavy atom. The quantitative estimate of drug-likeness (QED) is 0.594. The number of amides is 1. The number of rotatable bonds is 3. The Morgan fingerprint density at radius 3 is 2.69 bits per heavy atom. The third kappa shape index (κ3) is 2.88. The summed E-state index contributed by atoms with van der Waals surface area (Å²) in [5.74, 6) is -0.249. The first-order valence-corrected chi connectivity index (χ1v) is 8.12. The molecule has 2 heterocycles. The average Bonchev–Trinajstić information content (AvgIpc) is 3.07. The van der Waals surface area contributed by atoms with E-state index in [9.17, 15) is 9.90 Å². The molecule has 0 aliphatic heterocycles. The molecule has 1 amide bonds. The van der Waals surface area contributed by atoms with Crippen molar-refractivity contribution in [2.24, 2.45) is 0 Å². The van der Waals surface area contributed by atoms with E-state index in [-0.39, 0.29) is 11.7 Å². The Kier molecular flexibility index (Phi) is 3.85. The Labute approximate surface area is 149 Å². The summed E-state index contributed by atoms with van der Waals surface area (Å²) in [6.07, 6.45) is 3.16. The molecule has 128 valence electrons. The van der Waals surface area contributed by atoms with Crippen molar-refractivity contribution in [2.45, 2.75) is 6.92 Å². The van der Waals surface area contributed by atoms with Crippen LogP contribution in [0.1, 0.15) is 15.9 Å². The van der Waals surface area contributed by atoms with Gasteiger partial charge in [0.15, 0.2) is 5.65 Å². The molecule has 6 heteroatoms. The second-order valence-corrected chi connectivity index (χ2v) is 5.99. The third-order valence-electron chi connectivity index (χ3n) is 4.10. The van der Waals surface area contributed by atoms with Gasteiger partial charge in [-0.2, -0.15) is 5.10 Å². The van der Waals surface area contributed by atoms with Gasteiger partial charge >= 0.3 is 0 Å². The molecule has 2 N–H and O–H groups in total. The number of phenolic OH excluding ortho intramolecular Hbond substituents is 1. The average molecular weight is 344 g/mol. The molecule has 0 fully saturated rings. The van der Waals surface area contributed by atoms with Crippen LogP contribution in [0.25, 0.3) is 16.9 Å². The van der Waals surface area contributed by atoms with Gasteiger partial charge in [-0.3, -0.25) is 4.79 Å². The van der Waals surface area contributed by atoms with Gasteiger partial charge in [0, 0.05) is 23.5 Å². The van der Waals surface area contributed by atoms with Gasteiger partial charge in [0.25, 0.3) is 5.91 Å². The molecular weight excluding hydrogens is 328 g/mol. The number of anilines is 1. The van der Waals surface area contributed by atoms with Gasteiger partial charge in [0.05, 0.1) is 11.9 Å². The van der Waals surface area contributed by atoms with Crippen LogP contribution in [0.5, 0.6) is 5.75 Å². The number of carbonyl (C=O) groups excluding carboxylic acids is 1. The summed E-state index contributed by atoms with van der Waals surface area (Å²) in [5, 5.41) is 16.6. The van der Waals surface area contributed by atoms with Crippen molar-refractivity contribution in [1.82, 2.24) is 14.6 Å². The number of aryl methyl sites for hydroxylation is 1. The summed E-state index contributed by atoms with van der Waals surface area (Å²) in [6, 6.07) is 16.3. The largest absolute Gasteiger partial charge is 0.508 e. The Bertz CT molecular complexity index is 1100. The molecule has 4 aromatic rings. The maximum Gasteiger partial charge on any atom is 0.261 e. The molecule has 0 unspecified atom stereocenters. The van der Waals surface area contributed by atoms with Crippen LogP contribution in [0.3, 0.4) is 0 Å². The molecule has 4 rings (SSSR count). The summed E-state index contributed by atoms with van der Waals surface area (Å²) in [6.45, 7) is 2.03. The number of fused-ring (bicyclic) bond motifs is 1. The molecule has 6 nitrogen and oxygen atoms in total. The van der Waals surface area contributed by atoms with Crippen LogP contribution in [0.4, 0.5) is 5.69 Å². The molecule has 26 heavy (non-hydrogen) atoms. The first kappa shape index (κ1) is 15.8. The van der Waals surface area contributed by atoms with E-state index in [1.807, 2.05) is 37.3 Å². The molecule has 0 atom stereocenters. The highest BCUT2D eigenvalue weighted by atomic mass is 16.3. The number of phenols is 1. The van der Waals surface area contributed by atoms with Crippen LogP contribution in [-0.2, 0) is 0 Å². The molecule has 0 radical (unpaired) electrons. The van der Waals surface area contributed by atoms with Crippen LogP contribution in [0, 0.1) is 6.92 Å². The number of aromatic hydroxyl groups is 1. The summed E-state index contributed by atoms with van der Waals surface area (Å²) in [5.41, 5.74) is 4.36. The van der Waals surface area contributed by atoms with Gasteiger partial charge in [-0.05, 0) is 25.1 Å². The predicted molar refractivity (Wildman–Crippen MR) is 99.2 cm³/mol. The third-order valence-corrected chi connectivity index (χ3v) is 4.10. The predicted octanol–water partition coefficient (Wildman–Crippen LogP) is 3.66. The lowest BCUT2D eigenvalue weighted by molar-refractivity contribution is 0.102. The van der Waals surface area contributed by atoms with Crippen molar-refractivity contribution >= 4 is 17.2 Å². The zero-order chi connectivity index (χ0) is 18.1. The number of nitrogens with zero attached hydrogens (tertiary/aromatic N) is 3. The fourth-order valence-electron chi connectivity index (χ4n) is 2.78. The minimum absolute atomic E-state index is 0.0856. The van der Waals surface area contributed by atoms with Crippen LogP contribution in [0.2, 0.25) is 0 Å². The Hall–Kier alpha value is -3.67. The van der Waals surface area contributed by atoms with Crippen molar-refractivity contribution < 1.29 is 9.90 Å². The molecular formula is C20H16N4O2. The van der Waals surface area contributed by atoms with E-state index in [2.05, 4.69) is 15.4 Å². The second kappa shape index (κ2) is 6.33. The minimum atomic E-state index is -0.334. The lowest BCUT2D eigenvalue weighted by Gasteiger charge is -2.06. The number of hydrogen-bond acceptors (Lipinski definition) is 4. The number of hydrogen-bond donors (Lipinski definition) is 2. The van der Waals surface area contributed by atoms with Crippen LogP contribution >= 0.6 is 0 Å². The lowest BCUT2D eigenvalue weighted by atomic mass is 10.1. The smallest absolute Gasteiger partial charge is 0.261 e. The summed E-state index contributed by atoms with van der Waals surface area (Å²) in [7, 11) is 0.